The second-order valence-electron chi connectivity index (χ2n) is 4.07. The molecule has 18 heavy (non-hydrogen) atoms. The van der Waals surface area contributed by atoms with Crippen LogP contribution < -0.4 is 5.32 Å². The van der Waals surface area contributed by atoms with E-state index < -0.39 is 5.97 Å². The molecule has 0 saturated carbocycles. The molecule has 1 atom stereocenters. The van der Waals surface area contributed by atoms with Crippen LogP contribution in [0.5, 0.6) is 0 Å². The van der Waals surface area contributed by atoms with Gasteiger partial charge in [0.1, 0.15) is 5.82 Å². The van der Waals surface area contributed by atoms with Crippen LogP contribution in [0.25, 0.3) is 0 Å². The van der Waals surface area contributed by atoms with Crippen LogP contribution in [0.4, 0.5) is 4.39 Å². The number of aliphatic carboxylic acids is 1. The molecule has 1 rings (SSSR count). The maximum Gasteiger partial charge on any atom is 0.331 e. The lowest BCUT2D eigenvalue weighted by atomic mass is 10.1. The number of carbonyl (C=O) groups is 1. The molecular formula is C14H18FNO2. The van der Waals surface area contributed by atoms with Crippen molar-refractivity contribution >= 4 is 5.97 Å². The summed E-state index contributed by atoms with van der Waals surface area (Å²) in [6.45, 7) is 4.24. The normalized spacial score (nSPS) is 13.4. The van der Waals surface area contributed by atoms with Crippen LogP contribution in [0.2, 0.25) is 0 Å². The van der Waals surface area contributed by atoms with Gasteiger partial charge in [0.15, 0.2) is 0 Å². The Morgan fingerprint density at radius 3 is 2.56 bits per heavy atom. The number of carboxylic acids is 1. The van der Waals surface area contributed by atoms with Gasteiger partial charge in [-0.1, -0.05) is 25.1 Å². The summed E-state index contributed by atoms with van der Waals surface area (Å²) in [5.74, 6) is -1.14. The number of benzene rings is 1. The van der Waals surface area contributed by atoms with Crippen molar-refractivity contribution in [1.29, 1.82) is 0 Å². The van der Waals surface area contributed by atoms with E-state index in [1.165, 1.54) is 12.1 Å². The Bertz CT molecular complexity index is 426. The molecule has 4 heteroatoms. The average Bonchev–Trinajstić information content (AvgIpc) is 2.34. The summed E-state index contributed by atoms with van der Waals surface area (Å²) in [5.41, 5.74) is 1.37. The first-order valence-corrected chi connectivity index (χ1v) is 5.95. The number of hydrogen-bond donors (Lipinski definition) is 2. The lowest BCUT2D eigenvalue weighted by molar-refractivity contribution is -0.132. The maximum absolute atomic E-state index is 12.7. The molecular weight excluding hydrogens is 233 g/mol. The SMILES string of the molecule is CC/C(=C/CNC(C)c1ccc(F)cc1)C(=O)O. The first-order chi connectivity index (χ1) is 8.54. The molecule has 0 heterocycles. The van der Waals surface area contributed by atoms with Crippen LogP contribution in [0.3, 0.4) is 0 Å². The van der Waals surface area contributed by atoms with Gasteiger partial charge in [0.2, 0.25) is 0 Å². The van der Waals surface area contributed by atoms with E-state index >= 15 is 0 Å². The molecule has 0 saturated heterocycles. The summed E-state index contributed by atoms with van der Waals surface area (Å²) in [6, 6.07) is 6.31. The van der Waals surface area contributed by atoms with Crippen LogP contribution in [-0.2, 0) is 4.79 Å². The molecule has 0 aliphatic rings. The van der Waals surface area contributed by atoms with Crippen molar-refractivity contribution in [3.63, 3.8) is 0 Å². The third-order valence-electron chi connectivity index (χ3n) is 2.80. The van der Waals surface area contributed by atoms with Crippen LogP contribution in [0.15, 0.2) is 35.9 Å². The van der Waals surface area contributed by atoms with Crippen LogP contribution in [0, 0.1) is 5.82 Å². The summed E-state index contributed by atoms with van der Waals surface area (Å²) < 4.78 is 12.7. The van der Waals surface area contributed by atoms with E-state index in [-0.39, 0.29) is 11.9 Å². The van der Waals surface area contributed by atoms with E-state index in [0.29, 0.717) is 18.5 Å². The van der Waals surface area contributed by atoms with Crippen molar-refractivity contribution < 1.29 is 14.3 Å². The van der Waals surface area contributed by atoms with Crippen LogP contribution in [-0.4, -0.2) is 17.6 Å². The molecule has 2 N–H and O–H groups in total. The number of hydrogen-bond acceptors (Lipinski definition) is 2. The zero-order chi connectivity index (χ0) is 13.5. The second kappa shape index (κ2) is 6.91. The quantitative estimate of drug-likeness (QED) is 0.764. The van der Waals surface area contributed by atoms with Gasteiger partial charge >= 0.3 is 5.97 Å². The summed E-state index contributed by atoms with van der Waals surface area (Å²) in [4.78, 5) is 10.8. The Kier molecular flexibility index (Phi) is 5.52. The summed E-state index contributed by atoms with van der Waals surface area (Å²) in [6.07, 6.45) is 2.17. The number of carboxylic acid groups (broad SMARTS) is 1. The van der Waals surface area contributed by atoms with Crippen LogP contribution >= 0.6 is 0 Å². The predicted octanol–water partition coefficient (Wildman–Crippen LogP) is 2.90. The number of halogens is 1. The molecule has 1 aromatic rings. The highest BCUT2D eigenvalue weighted by Gasteiger charge is 2.06. The van der Waals surface area contributed by atoms with E-state index in [2.05, 4.69) is 5.32 Å². The summed E-state index contributed by atoms with van der Waals surface area (Å²) in [7, 11) is 0. The highest BCUT2D eigenvalue weighted by Crippen LogP contribution is 2.12. The molecule has 0 aromatic heterocycles. The smallest absolute Gasteiger partial charge is 0.331 e. The van der Waals surface area contributed by atoms with Crippen molar-refractivity contribution in [3.05, 3.63) is 47.3 Å². The zero-order valence-corrected chi connectivity index (χ0v) is 10.6. The molecule has 0 aliphatic heterocycles. The van der Waals surface area contributed by atoms with Gasteiger partial charge in [0.25, 0.3) is 0 Å². The zero-order valence-electron chi connectivity index (χ0n) is 10.6. The summed E-state index contributed by atoms with van der Waals surface area (Å²) >= 11 is 0. The van der Waals surface area contributed by atoms with Gasteiger partial charge in [-0.3, -0.25) is 0 Å². The van der Waals surface area contributed by atoms with Gasteiger partial charge in [0, 0.05) is 18.2 Å². The minimum atomic E-state index is -0.881. The molecule has 0 spiro atoms. The molecule has 0 bridgehead atoms. The Morgan fingerprint density at radius 2 is 2.06 bits per heavy atom. The van der Waals surface area contributed by atoms with Gasteiger partial charge in [-0.25, -0.2) is 9.18 Å². The van der Waals surface area contributed by atoms with Gasteiger partial charge in [-0.2, -0.15) is 0 Å². The third-order valence-corrected chi connectivity index (χ3v) is 2.80. The van der Waals surface area contributed by atoms with E-state index in [1.54, 1.807) is 18.2 Å². The monoisotopic (exact) mass is 251 g/mol. The molecule has 98 valence electrons. The number of rotatable bonds is 6. The van der Waals surface area contributed by atoms with E-state index in [4.69, 9.17) is 5.11 Å². The molecule has 0 amide bonds. The van der Waals surface area contributed by atoms with Crippen molar-refractivity contribution in [2.75, 3.05) is 6.54 Å². The van der Waals surface area contributed by atoms with Gasteiger partial charge < -0.3 is 10.4 Å². The fourth-order valence-electron chi connectivity index (χ4n) is 1.61. The van der Waals surface area contributed by atoms with Gasteiger partial charge in [0.05, 0.1) is 0 Å². The van der Waals surface area contributed by atoms with Crippen molar-refractivity contribution in [2.24, 2.45) is 0 Å². The molecule has 1 aromatic carbocycles. The Morgan fingerprint density at radius 1 is 1.44 bits per heavy atom. The number of nitrogens with one attached hydrogen (secondary N) is 1. The van der Waals surface area contributed by atoms with Gasteiger partial charge in [-0.05, 0) is 31.0 Å². The third kappa shape index (κ3) is 4.30. The summed E-state index contributed by atoms with van der Waals surface area (Å²) in [5, 5.41) is 12.0. The van der Waals surface area contributed by atoms with E-state index in [9.17, 15) is 9.18 Å². The van der Waals surface area contributed by atoms with Crippen molar-refractivity contribution in [3.8, 4) is 0 Å². The average molecular weight is 251 g/mol. The predicted molar refractivity (Wildman–Crippen MR) is 68.8 cm³/mol. The molecule has 3 nitrogen and oxygen atoms in total. The second-order valence-corrected chi connectivity index (χ2v) is 4.07. The lowest BCUT2D eigenvalue weighted by Gasteiger charge is -2.13. The maximum atomic E-state index is 12.7. The van der Waals surface area contributed by atoms with E-state index in [1.807, 2.05) is 13.8 Å². The Hall–Kier alpha value is -1.68. The highest BCUT2D eigenvalue weighted by molar-refractivity contribution is 5.86. The molecule has 1 unspecified atom stereocenters. The highest BCUT2D eigenvalue weighted by atomic mass is 19.1. The first-order valence-electron chi connectivity index (χ1n) is 5.95. The van der Waals surface area contributed by atoms with Crippen LogP contribution in [0.1, 0.15) is 31.9 Å². The van der Waals surface area contributed by atoms with Gasteiger partial charge in [-0.15, -0.1) is 0 Å². The Labute approximate surface area is 106 Å². The lowest BCUT2D eigenvalue weighted by Crippen LogP contribution is -2.19. The first kappa shape index (κ1) is 14.4. The standard InChI is InChI=1S/C14H18FNO2/c1-3-11(14(17)18)8-9-16-10(2)12-4-6-13(15)7-5-12/h4-8,10,16H,3,9H2,1-2H3,(H,17,18)/b11-8-. The minimum absolute atomic E-state index is 0.0498. The molecule has 0 radical (unpaired) electrons. The topological polar surface area (TPSA) is 49.3 Å². The fourth-order valence-corrected chi connectivity index (χ4v) is 1.61. The molecule has 0 aliphatic carbocycles. The molecule has 0 fully saturated rings. The van der Waals surface area contributed by atoms with Crippen molar-refractivity contribution in [2.45, 2.75) is 26.3 Å². The fraction of sp³-hybridized carbons (Fsp3) is 0.357. The van der Waals surface area contributed by atoms with E-state index in [0.717, 1.165) is 5.56 Å². The minimum Gasteiger partial charge on any atom is -0.478 e. The van der Waals surface area contributed by atoms with Crippen molar-refractivity contribution in [1.82, 2.24) is 5.32 Å². The largest absolute Gasteiger partial charge is 0.478 e. The Balaban J connectivity index is 2.53.